The minimum atomic E-state index is -0.741. The second kappa shape index (κ2) is 4.84. The van der Waals surface area contributed by atoms with E-state index in [1.54, 1.807) is 6.92 Å². The van der Waals surface area contributed by atoms with Crippen LogP contribution in [0.15, 0.2) is 30.5 Å². The van der Waals surface area contributed by atoms with Gasteiger partial charge in [0.1, 0.15) is 0 Å². The van der Waals surface area contributed by atoms with Crippen LogP contribution in [0.3, 0.4) is 0 Å². The molecule has 1 heterocycles. The van der Waals surface area contributed by atoms with Gasteiger partial charge in [0, 0.05) is 17.8 Å². The lowest BCUT2D eigenvalue weighted by Gasteiger charge is -2.11. The number of hydrogen-bond donors (Lipinski definition) is 1. The highest BCUT2D eigenvalue weighted by atomic mass is 16.4. The van der Waals surface area contributed by atoms with Gasteiger partial charge >= 0.3 is 5.97 Å². The van der Waals surface area contributed by atoms with Crippen LogP contribution >= 0.6 is 0 Å². The molecule has 1 atom stereocenters. The van der Waals surface area contributed by atoms with Crippen LogP contribution < -0.4 is 0 Å². The molecule has 18 heavy (non-hydrogen) atoms. The molecule has 1 N–H and O–H groups in total. The number of aromatic nitrogens is 1. The van der Waals surface area contributed by atoms with E-state index >= 15 is 0 Å². The normalized spacial score (nSPS) is 13.1. The average molecular weight is 245 g/mol. The molecule has 2 aromatic rings. The molecule has 0 spiro atoms. The van der Waals surface area contributed by atoms with Gasteiger partial charge in [-0.25, -0.2) is 0 Å². The van der Waals surface area contributed by atoms with Crippen molar-refractivity contribution in [2.24, 2.45) is 5.92 Å². The van der Waals surface area contributed by atoms with Crippen LogP contribution in [0.2, 0.25) is 0 Å². The van der Waals surface area contributed by atoms with E-state index in [4.69, 9.17) is 5.11 Å². The van der Waals surface area contributed by atoms with Gasteiger partial charge in [-0.3, -0.25) is 4.79 Å². The molecule has 0 saturated carbocycles. The first-order valence-electron chi connectivity index (χ1n) is 6.31. The minimum absolute atomic E-state index is 0.343. The van der Waals surface area contributed by atoms with Crippen LogP contribution in [0.5, 0.6) is 0 Å². The molecule has 0 radical (unpaired) electrons. The van der Waals surface area contributed by atoms with Gasteiger partial charge in [0.05, 0.1) is 5.92 Å². The van der Waals surface area contributed by atoms with Crippen molar-refractivity contribution in [3.8, 4) is 0 Å². The lowest BCUT2D eigenvalue weighted by atomic mass is 10.0. The fraction of sp³-hybridized carbons (Fsp3) is 0.400. The molecule has 1 aromatic carbocycles. The summed E-state index contributed by atoms with van der Waals surface area (Å²) in [4.78, 5) is 10.9. The zero-order valence-corrected chi connectivity index (χ0v) is 11.1. The molecule has 3 heteroatoms. The Kier molecular flexibility index (Phi) is 3.41. The molecule has 0 aliphatic carbocycles. The van der Waals surface area contributed by atoms with Crippen molar-refractivity contribution in [2.75, 3.05) is 0 Å². The summed E-state index contributed by atoms with van der Waals surface area (Å²) in [6.07, 6.45) is 2.66. The third-order valence-corrected chi connectivity index (χ3v) is 3.31. The van der Waals surface area contributed by atoms with Crippen molar-refractivity contribution in [2.45, 2.75) is 33.2 Å². The molecule has 0 saturated heterocycles. The molecule has 0 aliphatic heterocycles. The molecule has 96 valence electrons. The monoisotopic (exact) mass is 245 g/mol. The first-order chi connectivity index (χ1) is 8.49. The number of carboxylic acids is 1. The Morgan fingerprint density at radius 1 is 1.28 bits per heavy atom. The SMILES string of the molecule is CC(Cc1ccc2ccn(C(C)C)c2c1)C(=O)O. The molecule has 2 rings (SSSR count). The summed E-state index contributed by atoms with van der Waals surface area (Å²) in [6, 6.07) is 8.70. The van der Waals surface area contributed by atoms with Crippen LogP contribution in [0.1, 0.15) is 32.4 Å². The van der Waals surface area contributed by atoms with Gasteiger partial charge in [0.15, 0.2) is 0 Å². The van der Waals surface area contributed by atoms with Crippen molar-refractivity contribution in [3.05, 3.63) is 36.0 Å². The summed E-state index contributed by atoms with van der Waals surface area (Å²) in [5.41, 5.74) is 2.26. The first kappa shape index (κ1) is 12.7. The van der Waals surface area contributed by atoms with E-state index < -0.39 is 5.97 Å². The summed E-state index contributed by atoms with van der Waals surface area (Å²) in [6.45, 7) is 6.03. The number of hydrogen-bond acceptors (Lipinski definition) is 1. The fourth-order valence-corrected chi connectivity index (χ4v) is 2.21. The van der Waals surface area contributed by atoms with Crippen molar-refractivity contribution >= 4 is 16.9 Å². The van der Waals surface area contributed by atoms with Crippen molar-refractivity contribution < 1.29 is 9.90 Å². The zero-order chi connectivity index (χ0) is 13.3. The number of rotatable bonds is 4. The van der Waals surface area contributed by atoms with Gasteiger partial charge in [0.2, 0.25) is 0 Å². The second-order valence-electron chi connectivity index (χ2n) is 5.15. The number of benzene rings is 1. The lowest BCUT2D eigenvalue weighted by Crippen LogP contribution is -2.12. The molecular formula is C15H19NO2. The summed E-state index contributed by atoms with van der Waals surface area (Å²) < 4.78 is 2.21. The number of aliphatic carboxylic acids is 1. The van der Waals surface area contributed by atoms with Gasteiger partial charge in [0.25, 0.3) is 0 Å². The van der Waals surface area contributed by atoms with Crippen molar-refractivity contribution in [3.63, 3.8) is 0 Å². The maximum absolute atomic E-state index is 10.9. The van der Waals surface area contributed by atoms with Gasteiger partial charge in [-0.2, -0.15) is 0 Å². The summed E-state index contributed by atoms with van der Waals surface area (Å²) in [7, 11) is 0. The Bertz CT molecular complexity index is 569. The highest BCUT2D eigenvalue weighted by molar-refractivity contribution is 5.81. The fourth-order valence-electron chi connectivity index (χ4n) is 2.21. The van der Waals surface area contributed by atoms with Crippen LogP contribution in [-0.4, -0.2) is 15.6 Å². The molecule has 1 aromatic heterocycles. The van der Waals surface area contributed by atoms with Gasteiger partial charge < -0.3 is 9.67 Å². The predicted octanol–water partition coefficient (Wildman–Crippen LogP) is 3.49. The maximum Gasteiger partial charge on any atom is 0.306 e. The highest BCUT2D eigenvalue weighted by Gasteiger charge is 2.12. The zero-order valence-electron chi connectivity index (χ0n) is 11.1. The van der Waals surface area contributed by atoms with E-state index in [0.717, 1.165) is 5.56 Å². The molecular weight excluding hydrogens is 226 g/mol. The lowest BCUT2D eigenvalue weighted by molar-refractivity contribution is -0.141. The quantitative estimate of drug-likeness (QED) is 0.896. The smallest absolute Gasteiger partial charge is 0.306 e. The Labute approximate surface area is 107 Å². The van der Waals surface area contributed by atoms with E-state index in [1.165, 1.54) is 10.9 Å². The second-order valence-corrected chi connectivity index (χ2v) is 5.15. The maximum atomic E-state index is 10.9. The Morgan fingerprint density at radius 3 is 2.61 bits per heavy atom. The molecule has 1 unspecified atom stereocenters. The molecule has 0 aliphatic rings. The van der Waals surface area contributed by atoms with Gasteiger partial charge in [-0.05, 0) is 43.4 Å². The third-order valence-electron chi connectivity index (χ3n) is 3.31. The van der Waals surface area contributed by atoms with E-state index in [1.807, 2.05) is 6.07 Å². The summed E-state index contributed by atoms with van der Waals surface area (Å²) >= 11 is 0. The molecule has 0 amide bonds. The predicted molar refractivity (Wildman–Crippen MR) is 72.8 cm³/mol. The van der Waals surface area contributed by atoms with E-state index in [9.17, 15) is 4.79 Å². The Hall–Kier alpha value is -1.77. The van der Waals surface area contributed by atoms with Crippen molar-refractivity contribution in [1.82, 2.24) is 4.57 Å². The van der Waals surface area contributed by atoms with Crippen LogP contribution in [0, 0.1) is 5.92 Å². The number of nitrogens with zero attached hydrogens (tertiary/aromatic N) is 1. The molecule has 0 fully saturated rings. The van der Waals surface area contributed by atoms with E-state index in [-0.39, 0.29) is 5.92 Å². The standard InChI is InChI=1S/C15H19NO2/c1-10(2)16-7-6-13-5-4-12(9-14(13)16)8-11(3)15(17)18/h4-7,9-11H,8H2,1-3H3,(H,17,18). The topological polar surface area (TPSA) is 42.2 Å². The molecule has 0 bridgehead atoms. The highest BCUT2D eigenvalue weighted by Crippen LogP contribution is 2.22. The van der Waals surface area contributed by atoms with Crippen molar-refractivity contribution in [1.29, 1.82) is 0 Å². The van der Waals surface area contributed by atoms with Crippen LogP contribution in [-0.2, 0) is 11.2 Å². The minimum Gasteiger partial charge on any atom is -0.481 e. The Balaban J connectivity index is 2.36. The van der Waals surface area contributed by atoms with Gasteiger partial charge in [-0.15, -0.1) is 0 Å². The largest absolute Gasteiger partial charge is 0.481 e. The Morgan fingerprint density at radius 2 is 2.00 bits per heavy atom. The van der Waals surface area contributed by atoms with Gasteiger partial charge in [-0.1, -0.05) is 19.1 Å². The van der Waals surface area contributed by atoms with Crippen LogP contribution in [0.25, 0.3) is 10.9 Å². The first-order valence-corrected chi connectivity index (χ1v) is 6.31. The number of carbonyl (C=O) groups is 1. The third kappa shape index (κ3) is 2.40. The van der Waals surface area contributed by atoms with Crippen LogP contribution in [0.4, 0.5) is 0 Å². The van der Waals surface area contributed by atoms with E-state index in [0.29, 0.717) is 12.5 Å². The average Bonchev–Trinajstić information content (AvgIpc) is 2.71. The molecule has 3 nitrogen and oxygen atoms in total. The number of fused-ring (bicyclic) bond motifs is 1. The summed E-state index contributed by atoms with van der Waals surface area (Å²) in [5.74, 6) is -1.08. The summed E-state index contributed by atoms with van der Waals surface area (Å²) in [5, 5.41) is 10.2. The van der Waals surface area contributed by atoms with E-state index in [2.05, 4.69) is 42.8 Å². The number of carboxylic acid groups (broad SMARTS) is 1.